The summed E-state index contributed by atoms with van der Waals surface area (Å²) in [4.78, 5) is 28.5. The quantitative estimate of drug-likeness (QED) is 0.740. The number of methoxy groups -OCH3 is 1. The molecule has 0 atom stereocenters. The summed E-state index contributed by atoms with van der Waals surface area (Å²) in [6.07, 6.45) is 2.20. The summed E-state index contributed by atoms with van der Waals surface area (Å²) in [6.45, 7) is 2.45. The molecule has 0 spiro atoms. The maximum absolute atomic E-state index is 12.7. The standard InChI is InChI=1S/C18H21N3O5S2/c1-12-3-5-14(6-4-12)28(24,25)21-9-7-13(8-10-21)16(22)20-18-19-11-15(27-18)17(23)26-2/h3-6,11,13H,7-10H2,1-2H3,(H,19,20,22). The number of nitrogens with zero attached hydrogens (tertiary/aromatic N) is 2. The molecule has 1 saturated heterocycles. The molecule has 3 rings (SSSR count). The van der Waals surface area contributed by atoms with E-state index in [-0.39, 0.29) is 29.8 Å². The molecular weight excluding hydrogens is 402 g/mol. The number of anilines is 1. The highest BCUT2D eigenvalue weighted by molar-refractivity contribution is 7.89. The highest BCUT2D eigenvalue weighted by Crippen LogP contribution is 2.26. The van der Waals surface area contributed by atoms with Gasteiger partial charge in [0.25, 0.3) is 0 Å². The average molecular weight is 424 g/mol. The predicted octanol–water partition coefficient (Wildman–Crippen LogP) is 2.28. The van der Waals surface area contributed by atoms with Crippen LogP contribution >= 0.6 is 11.3 Å². The number of thiazole rings is 1. The van der Waals surface area contributed by atoms with Crippen molar-refractivity contribution in [3.05, 3.63) is 40.9 Å². The van der Waals surface area contributed by atoms with E-state index in [4.69, 9.17) is 0 Å². The number of rotatable bonds is 5. The summed E-state index contributed by atoms with van der Waals surface area (Å²) < 4.78 is 31.5. The van der Waals surface area contributed by atoms with Gasteiger partial charge in [0, 0.05) is 19.0 Å². The second kappa shape index (κ2) is 8.38. The molecule has 28 heavy (non-hydrogen) atoms. The Balaban J connectivity index is 1.58. The van der Waals surface area contributed by atoms with Crippen LogP contribution in [-0.2, 0) is 19.6 Å². The lowest BCUT2D eigenvalue weighted by atomic mass is 9.97. The number of piperidine rings is 1. The Morgan fingerprint density at radius 3 is 2.46 bits per heavy atom. The minimum Gasteiger partial charge on any atom is -0.465 e. The van der Waals surface area contributed by atoms with E-state index in [0.717, 1.165) is 16.9 Å². The molecule has 1 aliphatic rings. The summed E-state index contributed by atoms with van der Waals surface area (Å²) in [5.74, 6) is -1.04. The third-order valence-corrected chi connectivity index (χ3v) is 7.41. The number of aromatic nitrogens is 1. The molecule has 2 heterocycles. The largest absolute Gasteiger partial charge is 0.465 e. The van der Waals surface area contributed by atoms with Crippen LogP contribution in [0.25, 0.3) is 0 Å². The zero-order chi connectivity index (χ0) is 20.3. The number of carbonyl (C=O) groups is 2. The monoisotopic (exact) mass is 423 g/mol. The minimum absolute atomic E-state index is 0.224. The molecule has 0 aliphatic carbocycles. The van der Waals surface area contributed by atoms with Crippen molar-refractivity contribution in [3.8, 4) is 0 Å². The van der Waals surface area contributed by atoms with E-state index >= 15 is 0 Å². The van der Waals surface area contributed by atoms with Crippen molar-refractivity contribution in [1.29, 1.82) is 0 Å². The lowest BCUT2D eigenvalue weighted by Gasteiger charge is -2.30. The molecule has 1 N–H and O–H groups in total. The number of aryl methyl sites for hydroxylation is 1. The van der Waals surface area contributed by atoms with E-state index in [2.05, 4.69) is 15.0 Å². The summed E-state index contributed by atoms with van der Waals surface area (Å²) in [5, 5.41) is 3.01. The molecule has 2 aromatic rings. The molecule has 1 amide bonds. The lowest BCUT2D eigenvalue weighted by Crippen LogP contribution is -2.41. The first-order valence-corrected chi connectivity index (χ1v) is 11.0. The summed E-state index contributed by atoms with van der Waals surface area (Å²) >= 11 is 1.04. The fourth-order valence-electron chi connectivity index (χ4n) is 2.95. The number of benzene rings is 1. The molecule has 10 heteroatoms. The fourth-order valence-corrected chi connectivity index (χ4v) is 5.16. The van der Waals surface area contributed by atoms with Crippen LogP contribution in [-0.4, -0.2) is 49.8 Å². The third kappa shape index (κ3) is 4.40. The number of esters is 1. The van der Waals surface area contributed by atoms with Gasteiger partial charge >= 0.3 is 5.97 Å². The molecule has 0 unspecified atom stereocenters. The van der Waals surface area contributed by atoms with Crippen LogP contribution in [0.3, 0.4) is 0 Å². The molecule has 1 aromatic heterocycles. The van der Waals surface area contributed by atoms with Gasteiger partial charge in [-0.2, -0.15) is 4.31 Å². The van der Waals surface area contributed by atoms with Gasteiger partial charge in [0.15, 0.2) is 5.13 Å². The number of ether oxygens (including phenoxy) is 1. The molecule has 150 valence electrons. The Bertz CT molecular complexity index is 961. The second-order valence-electron chi connectivity index (χ2n) is 6.50. The van der Waals surface area contributed by atoms with E-state index in [1.165, 1.54) is 17.6 Å². The molecule has 1 fully saturated rings. The van der Waals surface area contributed by atoms with Crippen molar-refractivity contribution in [2.24, 2.45) is 5.92 Å². The van der Waals surface area contributed by atoms with Gasteiger partial charge < -0.3 is 10.1 Å². The van der Waals surface area contributed by atoms with E-state index in [9.17, 15) is 18.0 Å². The highest BCUT2D eigenvalue weighted by Gasteiger charge is 2.32. The van der Waals surface area contributed by atoms with Crippen molar-refractivity contribution in [1.82, 2.24) is 9.29 Å². The Labute approximate surface area is 167 Å². The van der Waals surface area contributed by atoms with Gasteiger partial charge in [-0.25, -0.2) is 18.2 Å². The first kappa shape index (κ1) is 20.4. The fraction of sp³-hybridized carbons (Fsp3) is 0.389. The number of hydrogen-bond donors (Lipinski definition) is 1. The van der Waals surface area contributed by atoms with Gasteiger partial charge in [-0.3, -0.25) is 4.79 Å². The smallest absolute Gasteiger partial charge is 0.349 e. The summed E-state index contributed by atoms with van der Waals surface area (Å²) in [6, 6.07) is 6.74. The molecular formula is C18H21N3O5S2. The molecule has 0 saturated carbocycles. The van der Waals surface area contributed by atoms with Crippen molar-refractivity contribution < 1.29 is 22.7 Å². The van der Waals surface area contributed by atoms with E-state index in [0.29, 0.717) is 22.9 Å². The maximum Gasteiger partial charge on any atom is 0.349 e. The van der Waals surface area contributed by atoms with Crippen LogP contribution in [0.15, 0.2) is 35.4 Å². The maximum atomic E-state index is 12.7. The molecule has 1 aromatic carbocycles. The van der Waals surface area contributed by atoms with Crippen molar-refractivity contribution in [2.45, 2.75) is 24.7 Å². The number of hydrogen-bond acceptors (Lipinski definition) is 7. The molecule has 0 bridgehead atoms. The van der Waals surface area contributed by atoms with Gasteiger partial charge in [0.2, 0.25) is 15.9 Å². The normalized spacial score (nSPS) is 15.9. The first-order chi connectivity index (χ1) is 13.3. The second-order valence-corrected chi connectivity index (χ2v) is 9.47. The first-order valence-electron chi connectivity index (χ1n) is 8.73. The van der Waals surface area contributed by atoms with Crippen LogP contribution in [0.1, 0.15) is 28.1 Å². The van der Waals surface area contributed by atoms with E-state index in [1.807, 2.05) is 6.92 Å². The molecule has 1 aliphatic heterocycles. The minimum atomic E-state index is -3.56. The topological polar surface area (TPSA) is 106 Å². The average Bonchev–Trinajstić information content (AvgIpc) is 3.16. The molecule has 0 radical (unpaired) electrons. The number of amides is 1. The van der Waals surface area contributed by atoms with Crippen molar-refractivity contribution in [2.75, 3.05) is 25.5 Å². The summed E-state index contributed by atoms with van der Waals surface area (Å²) in [5.41, 5.74) is 0.992. The Morgan fingerprint density at radius 2 is 1.86 bits per heavy atom. The Kier molecular flexibility index (Phi) is 6.11. The van der Waals surface area contributed by atoms with E-state index < -0.39 is 16.0 Å². The van der Waals surface area contributed by atoms with Crippen LogP contribution in [0.4, 0.5) is 5.13 Å². The Morgan fingerprint density at radius 1 is 1.21 bits per heavy atom. The van der Waals surface area contributed by atoms with Gasteiger partial charge in [0.05, 0.1) is 18.2 Å². The van der Waals surface area contributed by atoms with Gasteiger partial charge in [-0.05, 0) is 31.9 Å². The lowest BCUT2D eigenvalue weighted by molar-refractivity contribution is -0.120. The third-order valence-electron chi connectivity index (χ3n) is 4.61. The van der Waals surface area contributed by atoms with Crippen molar-refractivity contribution in [3.63, 3.8) is 0 Å². The van der Waals surface area contributed by atoms with Crippen LogP contribution in [0, 0.1) is 12.8 Å². The number of carbonyl (C=O) groups excluding carboxylic acids is 2. The SMILES string of the molecule is COC(=O)c1cnc(NC(=O)C2CCN(S(=O)(=O)c3ccc(C)cc3)CC2)s1. The summed E-state index contributed by atoms with van der Waals surface area (Å²) in [7, 11) is -2.28. The Hall–Kier alpha value is -2.30. The van der Waals surface area contributed by atoms with Crippen LogP contribution < -0.4 is 5.32 Å². The molecule has 8 nitrogen and oxygen atoms in total. The van der Waals surface area contributed by atoms with Gasteiger partial charge in [-0.15, -0.1) is 0 Å². The van der Waals surface area contributed by atoms with Gasteiger partial charge in [0.1, 0.15) is 4.88 Å². The van der Waals surface area contributed by atoms with Crippen LogP contribution in [0.5, 0.6) is 0 Å². The zero-order valence-corrected chi connectivity index (χ0v) is 17.2. The van der Waals surface area contributed by atoms with Gasteiger partial charge in [-0.1, -0.05) is 29.0 Å². The van der Waals surface area contributed by atoms with Crippen LogP contribution in [0.2, 0.25) is 0 Å². The predicted molar refractivity (Wildman–Crippen MR) is 105 cm³/mol. The number of sulfonamides is 1. The van der Waals surface area contributed by atoms with Crippen molar-refractivity contribution >= 4 is 38.4 Å². The number of nitrogens with one attached hydrogen (secondary N) is 1. The zero-order valence-electron chi connectivity index (χ0n) is 15.5. The highest BCUT2D eigenvalue weighted by atomic mass is 32.2. The van der Waals surface area contributed by atoms with E-state index in [1.54, 1.807) is 24.3 Å².